The molecule has 7 heteroatoms. The molecule has 3 aliphatic rings. The number of carbonyl (C=O) groups is 2. The van der Waals surface area contributed by atoms with Gasteiger partial charge >= 0.3 is 0 Å². The minimum Gasteiger partial charge on any atom is -0.390 e. The second kappa shape index (κ2) is 5.64. The summed E-state index contributed by atoms with van der Waals surface area (Å²) < 4.78 is 15.2. The molecule has 2 fully saturated rings. The van der Waals surface area contributed by atoms with Crippen molar-refractivity contribution in [3.63, 3.8) is 0 Å². The molecule has 5 nitrogen and oxygen atoms in total. The number of halogens is 2. The molecule has 4 rings (SSSR count). The van der Waals surface area contributed by atoms with E-state index in [1.54, 1.807) is 13.0 Å². The summed E-state index contributed by atoms with van der Waals surface area (Å²) in [5.74, 6) is -0.471. The summed E-state index contributed by atoms with van der Waals surface area (Å²) in [6.07, 6.45) is 0.469. The quantitative estimate of drug-likeness (QED) is 0.679. The summed E-state index contributed by atoms with van der Waals surface area (Å²) >= 11 is 2.16. The van der Waals surface area contributed by atoms with Gasteiger partial charge in [-0.25, -0.2) is 4.39 Å². The number of carbonyl (C=O) groups excluding carboxylic acids is 2. The van der Waals surface area contributed by atoms with Crippen LogP contribution >= 0.6 is 22.6 Å². The fourth-order valence-electron chi connectivity index (χ4n) is 4.16. The van der Waals surface area contributed by atoms with Crippen LogP contribution in [0.25, 0.3) is 0 Å². The summed E-state index contributed by atoms with van der Waals surface area (Å²) in [5.41, 5.74) is -0.0749. The second-order valence-corrected chi connectivity index (χ2v) is 9.09. The molecular weight excluding hydrogens is 438 g/mol. The lowest BCUT2D eigenvalue weighted by Crippen LogP contribution is -2.56. The molecule has 0 radical (unpaired) electrons. The van der Waals surface area contributed by atoms with Gasteiger partial charge in [0.05, 0.1) is 12.1 Å². The predicted molar refractivity (Wildman–Crippen MR) is 98.0 cm³/mol. The van der Waals surface area contributed by atoms with Gasteiger partial charge in [-0.1, -0.05) is 0 Å². The van der Waals surface area contributed by atoms with E-state index >= 15 is 0 Å². The molecule has 0 saturated heterocycles. The lowest BCUT2D eigenvalue weighted by Gasteiger charge is -2.41. The second-order valence-electron chi connectivity index (χ2n) is 7.85. The first-order chi connectivity index (χ1) is 11.7. The molecule has 134 valence electrons. The van der Waals surface area contributed by atoms with Gasteiger partial charge in [0, 0.05) is 27.1 Å². The first kappa shape index (κ1) is 17.2. The van der Waals surface area contributed by atoms with Crippen molar-refractivity contribution in [1.29, 1.82) is 0 Å². The maximum absolute atomic E-state index is 14.2. The monoisotopic (exact) mass is 458 g/mol. The van der Waals surface area contributed by atoms with Gasteiger partial charge in [0.2, 0.25) is 5.91 Å². The third kappa shape index (κ3) is 2.95. The summed E-state index contributed by atoms with van der Waals surface area (Å²) in [4.78, 5) is 26.5. The Kier molecular flexibility index (Phi) is 3.88. The first-order valence-electron chi connectivity index (χ1n) is 8.45. The maximum Gasteiger partial charge on any atom is 0.254 e. The fraction of sp³-hybridized carbons (Fsp3) is 0.556. The first-order valence-corrected chi connectivity index (χ1v) is 9.53. The number of nitrogens with one attached hydrogen (secondary N) is 1. The molecule has 0 unspecified atom stereocenters. The number of hydrogen-bond donors (Lipinski definition) is 2. The van der Waals surface area contributed by atoms with Gasteiger partial charge in [-0.3, -0.25) is 9.59 Å². The number of nitrogens with zero attached hydrogens (tertiary/aromatic N) is 1. The van der Waals surface area contributed by atoms with E-state index in [0.717, 1.165) is 9.13 Å². The average molecular weight is 458 g/mol. The summed E-state index contributed by atoms with van der Waals surface area (Å²) in [7, 11) is 0. The third-order valence-corrected chi connectivity index (χ3v) is 6.23. The van der Waals surface area contributed by atoms with Crippen LogP contribution < -0.4 is 5.32 Å². The van der Waals surface area contributed by atoms with Gasteiger partial charge in [0.1, 0.15) is 6.17 Å². The number of rotatable bonds is 3. The molecule has 2 saturated carbocycles. The summed E-state index contributed by atoms with van der Waals surface area (Å²) in [5, 5.41) is 12.6. The molecule has 1 heterocycles. The minimum atomic E-state index is -0.968. The Hall–Kier alpha value is -1.22. The van der Waals surface area contributed by atoms with Crippen molar-refractivity contribution >= 4 is 34.4 Å². The van der Waals surface area contributed by atoms with E-state index in [1.807, 2.05) is 12.1 Å². The predicted octanol–water partition coefficient (Wildman–Crippen LogP) is 1.76. The zero-order valence-electron chi connectivity index (χ0n) is 13.9. The Morgan fingerprint density at radius 3 is 2.72 bits per heavy atom. The molecule has 2 aliphatic carbocycles. The molecule has 1 aromatic rings. The van der Waals surface area contributed by atoms with Crippen LogP contribution in [-0.2, 0) is 10.2 Å². The van der Waals surface area contributed by atoms with Crippen LogP contribution in [0.2, 0.25) is 0 Å². The van der Waals surface area contributed by atoms with Crippen molar-refractivity contribution in [3.05, 3.63) is 32.9 Å². The van der Waals surface area contributed by atoms with Crippen LogP contribution in [0.5, 0.6) is 0 Å². The van der Waals surface area contributed by atoms with Crippen molar-refractivity contribution in [1.82, 2.24) is 10.2 Å². The maximum atomic E-state index is 14.2. The number of amides is 2. The highest BCUT2D eigenvalue weighted by Gasteiger charge is 2.61. The molecule has 2 atom stereocenters. The normalized spacial score (nSPS) is 36.0. The number of alkyl halides is 1. The van der Waals surface area contributed by atoms with E-state index in [-0.39, 0.29) is 30.9 Å². The van der Waals surface area contributed by atoms with Gasteiger partial charge in [-0.05, 0) is 72.5 Å². The zero-order chi connectivity index (χ0) is 18.0. The smallest absolute Gasteiger partial charge is 0.254 e. The standard InChI is InChI=1S/C18H20FIN2O3/c1-17(25)5-11(6-17)21-15(23)8-22-9-18(7-14(18)19)13-4-10(20)2-3-12(13)16(22)24/h2-4,11,14,25H,5-9H2,1H3,(H,21,23)/t11?,14-,17?,18-/m1/s1. The van der Waals surface area contributed by atoms with Crippen LogP contribution in [0.4, 0.5) is 4.39 Å². The van der Waals surface area contributed by atoms with Crippen molar-refractivity contribution in [2.45, 2.75) is 49.4 Å². The van der Waals surface area contributed by atoms with Crippen LogP contribution in [0.3, 0.4) is 0 Å². The van der Waals surface area contributed by atoms with E-state index in [2.05, 4.69) is 27.9 Å². The number of benzene rings is 1. The highest BCUT2D eigenvalue weighted by molar-refractivity contribution is 14.1. The van der Waals surface area contributed by atoms with Gasteiger partial charge in [0.15, 0.2) is 0 Å². The molecule has 1 spiro atoms. The number of hydrogen-bond acceptors (Lipinski definition) is 3. The third-order valence-electron chi connectivity index (χ3n) is 5.56. The van der Waals surface area contributed by atoms with E-state index < -0.39 is 17.2 Å². The Morgan fingerprint density at radius 2 is 2.12 bits per heavy atom. The molecule has 1 aliphatic heterocycles. The lowest BCUT2D eigenvalue weighted by molar-refractivity contribution is -0.125. The Balaban J connectivity index is 1.49. The van der Waals surface area contributed by atoms with Crippen molar-refractivity contribution < 1.29 is 19.1 Å². The molecule has 0 bridgehead atoms. The fourth-order valence-corrected chi connectivity index (χ4v) is 4.66. The van der Waals surface area contributed by atoms with Crippen molar-refractivity contribution in [2.75, 3.05) is 13.1 Å². The summed E-state index contributed by atoms with van der Waals surface area (Å²) in [6.45, 7) is 1.91. The number of aliphatic hydroxyl groups is 1. The van der Waals surface area contributed by atoms with E-state index in [1.165, 1.54) is 4.90 Å². The zero-order valence-corrected chi connectivity index (χ0v) is 16.0. The van der Waals surface area contributed by atoms with Crippen molar-refractivity contribution in [3.8, 4) is 0 Å². The topological polar surface area (TPSA) is 69.6 Å². The number of fused-ring (bicyclic) bond motifs is 2. The van der Waals surface area contributed by atoms with Gasteiger partial charge in [-0.2, -0.15) is 0 Å². The van der Waals surface area contributed by atoms with E-state index in [9.17, 15) is 19.1 Å². The molecule has 2 amide bonds. The molecule has 0 aromatic heterocycles. The Morgan fingerprint density at radius 1 is 1.44 bits per heavy atom. The highest BCUT2D eigenvalue weighted by Crippen LogP contribution is 2.54. The molecule has 1 aromatic carbocycles. The molecular formula is C18H20FIN2O3. The average Bonchev–Trinajstić information content (AvgIpc) is 3.13. The highest BCUT2D eigenvalue weighted by atomic mass is 127. The molecule has 25 heavy (non-hydrogen) atoms. The van der Waals surface area contributed by atoms with Crippen LogP contribution in [0.1, 0.15) is 42.1 Å². The van der Waals surface area contributed by atoms with E-state index in [0.29, 0.717) is 24.8 Å². The van der Waals surface area contributed by atoms with Gasteiger partial charge in [0.25, 0.3) is 5.91 Å². The van der Waals surface area contributed by atoms with Crippen LogP contribution in [0.15, 0.2) is 18.2 Å². The van der Waals surface area contributed by atoms with Gasteiger partial charge < -0.3 is 15.3 Å². The van der Waals surface area contributed by atoms with Crippen molar-refractivity contribution in [2.24, 2.45) is 0 Å². The van der Waals surface area contributed by atoms with E-state index in [4.69, 9.17) is 0 Å². The lowest BCUT2D eigenvalue weighted by atomic mass is 9.77. The Labute approximate surface area is 159 Å². The van der Waals surface area contributed by atoms with Gasteiger partial charge in [-0.15, -0.1) is 0 Å². The van der Waals surface area contributed by atoms with Crippen LogP contribution in [0, 0.1) is 3.57 Å². The largest absolute Gasteiger partial charge is 0.390 e. The molecule has 2 N–H and O–H groups in total. The minimum absolute atomic E-state index is 0.0555. The Bertz CT molecular complexity index is 761. The summed E-state index contributed by atoms with van der Waals surface area (Å²) in [6, 6.07) is 5.40. The van der Waals surface area contributed by atoms with Crippen LogP contribution in [-0.4, -0.2) is 52.7 Å². The SMILES string of the molecule is CC1(O)CC(NC(=O)CN2C[C@]3(C[C@H]3F)c3cc(I)ccc3C2=O)C1.